The maximum Gasteiger partial charge on any atom is 0.0277 e. The quantitative estimate of drug-likeness (QED) is 0.754. The van der Waals surface area contributed by atoms with E-state index in [9.17, 15) is 0 Å². The fraction of sp³-hybridized carbons (Fsp3) is 0.333. The van der Waals surface area contributed by atoms with Crippen LogP contribution in [0.1, 0.15) is 12.5 Å². The van der Waals surface area contributed by atoms with E-state index in [1.807, 2.05) is 11.8 Å². The summed E-state index contributed by atoms with van der Waals surface area (Å²) in [6.45, 7) is 2.25. The summed E-state index contributed by atoms with van der Waals surface area (Å²) in [7, 11) is 0. The summed E-state index contributed by atoms with van der Waals surface area (Å²) >= 11 is 3.66. The lowest BCUT2D eigenvalue weighted by Crippen LogP contribution is -1.99. The third kappa shape index (κ3) is 3.10. The van der Waals surface area contributed by atoms with E-state index in [0.29, 0.717) is 5.25 Å². The van der Waals surface area contributed by atoms with Crippen LogP contribution in [-0.2, 0) is 0 Å². The first-order chi connectivity index (χ1) is 6.79. The molecule has 0 spiro atoms. The first-order valence-corrected chi connectivity index (χ1v) is 7.18. The SMILES string of the molecule is CS/C=C(\c1ccccc1)C(C)SC. The van der Waals surface area contributed by atoms with Crippen molar-refractivity contribution in [2.45, 2.75) is 12.2 Å². The lowest BCUT2D eigenvalue weighted by Gasteiger charge is -2.13. The number of hydrogen-bond donors (Lipinski definition) is 0. The normalized spacial score (nSPS) is 14.1. The lowest BCUT2D eigenvalue weighted by molar-refractivity contribution is 1.27. The molecule has 0 aromatic heterocycles. The Bertz CT molecular complexity index is 290. The van der Waals surface area contributed by atoms with Crippen LogP contribution < -0.4 is 0 Å². The van der Waals surface area contributed by atoms with Gasteiger partial charge in [-0.25, -0.2) is 0 Å². The minimum Gasteiger partial charge on any atom is -0.157 e. The number of thioether (sulfide) groups is 2. The molecule has 1 aromatic carbocycles. The highest BCUT2D eigenvalue weighted by Crippen LogP contribution is 2.27. The Hall–Kier alpha value is -0.340. The van der Waals surface area contributed by atoms with Gasteiger partial charge >= 0.3 is 0 Å². The van der Waals surface area contributed by atoms with E-state index in [1.165, 1.54) is 11.1 Å². The summed E-state index contributed by atoms with van der Waals surface area (Å²) in [4.78, 5) is 0. The standard InChI is InChI=1S/C12H16S2/c1-10(14-3)12(9-13-2)11-7-5-4-6-8-11/h4-10H,1-3H3/b12-9-. The second-order valence-corrected chi connectivity index (χ2v) is 4.94. The van der Waals surface area contributed by atoms with Crippen LogP contribution in [0.2, 0.25) is 0 Å². The Balaban J connectivity index is 2.95. The Morgan fingerprint density at radius 3 is 2.36 bits per heavy atom. The van der Waals surface area contributed by atoms with Crippen molar-refractivity contribution in [2.75, 3.05) is 12.5 Å². The van der Waals surface area contributed by atoms with Gasteiger partial charge in [0.25, 0.3) is 0 Å². The van der Waals surface area contributed by atoms with E-state index in [1.54, 1.807) is 11.8 Å². The van der Waals surface area contributed by atoms with Crippen LogP contribution in [0.5, 0.6) is 0 Å². The van der Waals surface area contributed by atoms with Crippen molar-refractivity contribution in [1.29, 1.82) is 0 Å². The van der Waals surface area contributed by atoms with Crippen LogP contribution >= 0.6 is 23.5 Å². The maximum atomic E-state index is 2.25. The number of rotatable bonds is 4. The summed E-state index contributed by atoms with van der Waals surface area (Å²) in [6, 6.07) is 10.6. The third-order valence-corrected chi connectivity index (χ3v) is 3.59. The molecule has 14 heavy (non-hydrogen) atoms. The molecule has 0 saturated heterocycles. The van der Waals surface area contributed by atoms with Crippen molar-refractivity contribution in [1.82, 2.24) is 0 Å². The van der Waals surface area contributed by atoms with Crippen molar-refractivity contribution in [3.8, 4) is 0 Å². The highest BCUT2D eigenvalue weighted by molar-refractivity contribution is 8.02. The predicted octanol–water partition coefficient (Wildman–Crippen LogP) is 4.14. The zero-order chi connectivity index (χ0) is 10.4. The minimum absolute atomic E-state index is 0.560. The van der Waals surface area contributed by atoms with Crippen molar-refractivity contribution < 1.29 is 0 Å². The molecule has 1 rings (SSSR count). The average Bonchev–Trinajstić information content (AvgIpc) is 2.26. The van der Waals surface area contributed by atoms with Crippen LogP contribution in [0.3, 0.4) is 0 Å². The molecule has 0 amide bonds. The maximum absolute atomic E-state index is 2.25. The largest absolute Gasteiger partial charge is 0.157 e. The molecule has 1 unspecified atom stereocenters. The molecular formula is C12H16S2. The van der Waals surface area contributed by atoms with Crippen LogP contribution in [0.25, 0.3) is 5.57 Å². The minimum atomic E-state index is 0.560. The second-order valence-electron chi connectivity index (χ2n) is 3.05. The summed E-state index contributed by atoms with van der Waals surface area (Å²) in [5.74, 6) is 0. The zero-order valence-corrected chi connectivity index (χ0v) is 10.5. The molecule has 0 heterocycles. The first kappa shape index (κ1) is 11.7. The van der Waals surface area contributed by atoms with Crippen molar-refractivity contribution in [3.63, 3.8) is 0 Å². The molecule has 0 radical (unpaired) electrons. The van der Waals surface area contributed by atoms with E-state index < -0.39 is 0 Å². The Labute approximate surface area is 95.2 Å². The van der Waals surface area contributed by atoms with Gasteiger partial charge in [-0.05, 0) is 36.0 Å². The lowest BCUT2D eigenvalue weighted by atomic mass is 10.1. The Morgan fingerprint density at radius 1 is 1.21 bits per heavy atom. The molecule has 0 bridgehead atoms. The molecule has 0 aliphatic carbocycles. The van der Waals surface area contributed by atoms with Crippen LogP contribution in [0.15, 0.2) is 35.7 Å². The van der Waals surface area contributed by atoms with Gasteiger partial charge in [0.2, 0.25) is 0 Å². The molecule has 0 aliphatic rings. The third-order valence-electron chi connectivity index (χ3n) is 2.14. The summed E-state index contributed by atoms with van der Waals surface area (Å²) in [5.41, 5.74) is 2.76. The molecule has 76 valence electrons. The summed E-state index contributed by atoms with van der Waals surface area (Å²) in [5, 5.41) is 2.81. The van der Waals surface area contributed by atoms with Gasteiger partial charge in [-0.1, -0.05) is 30.3 Å². The van der Waals surface area contributed by atoms with Gasteiger partial charge in [0, 0.05) is 5.25 Å². The monoisotopic (exact) mass is 224 g/mol. The molecular weight excluding hydrogens is 208 g/mol. The van der Waals surface area contributed by atoms with Crippen LogP contribution in [-0.4, -0.2) is 17.8 Å². The molecule has 2 heteroatoms. The van der Waals surface area contributed by atoms with E-state index in [0.717, 1.165) is 0 Å². The highest BCUT2D eigenvalue weighted by Gasteiger charge is 2.08. The molecule has 1 atom stereocenters. The van der Waals surface area contributed by atoms with Gasteiger partial charge < -0.3 is 0 Å². The summed E-state index contributed by atoms with van der Waals surface area (Å²) < 4.78 is 0. The fourth-order valence-electron chi connectivity index (χ4n) is 1.28. The zero-order valence-electron chi connectivity index (χ0n) is 8.86. The molecule has 0 saturated carbocycles. The van der Waals surface area contributed by atoms with Crippen LogP contribution in [0.4, 0.5) is 0 Å². The topological polar surface area (TPSA) is 0 Å². The van der Waals surface area contributed by atoms with E-state index in [-0.39, 0.29) is 0 Å². The van der Waals surface area contributed by atoms with Gasteiger partial charge in [0.15, 0.2) is 0 Å². The molecule has 0 nitrogen and oxygen atoms in total. The predicted molar refractivity (Wildman–Crippen MR) is 70.9 cm³/mol. The number of benzene rings is 1. The van der Waals surface area contributed by atoms with E-state index in [4.69, 9.17) is 0 Å². The van der Waals surface area contributed by atoms with Gasteiger partial charge in [0.1, 0.15) is 0 Å². The Kier molecular flexibility index (Phi) is 5.20. The van der Waals surface area contributed by atoms with Gasteiger partial charge in [0.05, 0.1) is 0 Å². The van der Waals surface area contributed by atoms with Crippen molar-refractivity contribution in [3.05, 3.63) is 41.3 Å². The number of hydrogen-bond acceptors (Lipinski definition) is 2. The van der Waals surface area contributed by atoms with Gasteiger partial charge in [-0.15, -0.1) is 11.8 Å². The smallest absolute Gasteiger partial charge is 0.0277 e. The Morgan fingerprint density at radius 2 is 1.86 bits per heavy atom. The first-order valence-electron chi connectivity index (χ1n) is 4.60. The van der Waals surface area contributed by atoms with Gasteiger partial charge in [-0.3, -0.25) is 0 Å². The van der Waals surface area contributed by atoms with Crippen molar-refractivity contribution in [2.24, 2.45) is 0 Å². The van der Waals surface area contributed by atoms with Crippen molar-refractivity contribution >= 4 is 29.1 Å². The molecule has 0 aliphatic heterocycles. The molecule has 0 fully saturated rings. The highest BCUT2D eigenvalue weighted by atomic mass is 32.2. The second kappa shape index (κ2) is 6.20. The van der Waals surface area contributed by atoms with E-state index in [2.05, 4.69) is 55.2 Å². The molecule has 0 N–H and O–H groups in total. The fourth-order valence-corrected chi connectivity index (χ4v) is 2.42. The van der Waals surface area contributed by atoms with Gasteiger partial charge in [-0.2, -0.15) is 11.8 Å². The average molecular weight is 224 g/mol. The molecule has 1 aromatic rings. The van der Waals surface area contributed by atoms with Crippen LogP contribution in [0, 0.1) is 0 Å². The van der Waals surface area contributed by atoms with E-state index >= 15 is 0 Å². The summed E-state index contributed by atoms with van der Waals surface area (Å²) in [6.07, 6.45) is 4.26.